The minimum Gasteiger partial charge on any atom is -0.490 e. The number of carbonyl (C=O) groups excluding carboxylic acids is 1. The van der Waals surface area contributed by atoms with Crippen molar-refractivity contribution in [2.45, 2.75) is 19.4 Å². The Hall–Kier alpha value is -2.57. The zero-order chi connectivity index (χ0) is 17.5. The Morgan fingerprint density at radius 3 is 3.04 bits per heavy atom. The van der Waals surface area contributed by atoms with E-state index in [9.17, 15) is 9.18 Å². The topological polar surface area (TPSA) is 59.4 Å². The van der Waals surface area contributed by atoms with Crippen LogP contribution in [0.1, 0.15) is 12.8 Å². The molecule has 2 amide bonds. The highest BCUT2D eigenvalue weighted by molar-refractivity contribution is 5.74. The average Bonchev–Trinajstić information content (AvgIpc) is 3.15. The number of rotatable bonds is 6. The van der Waals surface area contributed by atoms with Crippen LogP contribution in [0.2, 0.25) is 0 Å². The van der Waals surface area contributed by atoms with E-state index >= 15 is 0 Å². The number of halogens is 1. The van der Waals surface area contributed by atoms with Crippen LogP contribution in [0.4, 0.5) is 9.18 Å². The number of amides is 2. The molecular formula is C18H23FN4O2. The van der Waals surface area contributed by atoms with E-state index in [2.05, 4.69) is 10.4 Å². The molecule has 25 heavy (non-hydrogen) atoms. The van der Waals surface area contributed by atoms with E-state index in [-0.39, 0.29) is 23.5 Å². The zero-order valence-electron chi connectivity index (χ0n) is 14.1. The highest BCUT2D eigenvalue weighted by Gasteiger charge is 2.24. The molecule has 3 rings (SSSR count). The Bertz CT molecular complexity index is 677. The number of piperidine rings is 1. The molecule has 0 spiro atoms. The molecule has 1 unspecified atom stereocenters. The van der Waals surface area contributed by atoms with E-state index in [1.807, 2.05) is 17.2 Å². The Balaban J connectivity index is 1.42. The molecule has 1 atom stereocenters. The van der Waals surface area contributed by atoms with Crippen LogP contribution < -0.4 is 10.1 Å². The molecule has 134 valence electrons. The van der Waals surface area contributed by atoms with Gasteiger partial charge in [0.1, 0.15) is 0 Å². The van der Waals surface area contributed by atoms with Crippen molar-refractivity contribution in [3.63, 3.8) is 0 Å². The molecule has 1 aliphatic heterocycles. The number of para-hydroxylation sites is 1. The number of likely N-dealkylation sites (tertiary alicyclic amines) is 1. The van der Waals surface area contributed by atoms with Crippen LogP contribution in [0.15, 0.2) is 42.7 Å². The predicted molar refractivity (Wildman–Crippen MR) is 91.8 cm³/mol. The van der Waals surface area contributed by atoms with E-state index < -0.39 is 0 Å². The van der Waals surface area contributed by atoms with Gasteiger partial charge in [0.25, 0.3) is 0 Å². The summed E-state index contributed by atoms with van der Waals surface area (Å²) in [5.74, 6) is 0.125. The van der Waals surface area contributed by atoms with Gasteiger partial charge in [-0.05, 0) is 31.0 Å². The van der Waals surface area contributed by atoms with Crippen molar-refractivity contribution < 1.29 is 13.9 Å². The normalized spacial score (nSPS) is 17.3. The Kier molecular flexibility index (Phi) is 5.87. The molecule has 0 bridgehead atoms. The van der Waals surface area contributed by atoms with Crippen molar-refractivity contribution in [3.05, 3.63) is 48.5 Å². The highest BCUT2D eigenvalue weighted by atomic mass is 19.1. The molecule has 7 heteroatoms. The van der Waals surface area contributed by atoms with Crippen molar-refractivity contribution in [2.24, 2.45) is 5.92 Å². The van der Waals surface area contributed by atoms with E-state index in [4.69, 9.17) is 4.74 Å². The molecular weight excluding hydrogens is 323 g/mol. The van der Waals surface area contributed by atoms with Gasteiger partial charge in [-0.15, -0.1) is 0 Å². The van der Waals surface area contributed by atoms with Gasteiger partial charge in [-0.25, -0.2) is 9.18 Å². The van der Waals surface area contributed by atoms with Gasteiger partial charge in [0.05, 0.1) is 13.2 Å². The van der Waals surface area contributed by atoms with E-state index in [1.54, 1.807) is 29.1 Å². The SMILES string of the molecule is O=C(NCCn1cccn1)N1CCCC(COc2ccccc2F)C1. The Morgan fingerprint density at radius 2 is 2.24 bits per heavy atom. The van der Waals surface area contributed by atoms with Gasteiger partial charge in [-0.2, -0.15) is 5.10 Å². The van der Waals surface area contributed by atoms with Crippen molar-refractivity contribution in [1.29, 1.82) is 0 Å². The fraction of sp³-hybridized carbons (Fsp3) is 0.444. The van der Waals surface area contributed by atoms with Gasteiger partial charge in [0, 0.05) is 37.9 Å². The first-order valence-corrected chi connectivity index (χ1v) is 8.60. The quantitative estimate of drug-likeness (QED) is 0.874. The molecule has 0 radical (unpaired) electrons. The van der Waals surface area contributed by atoms with Crippen LogP contribution in [-0.4, -0.2) is 47.0 Å². The van der Waals surface area contributed by atoms with Crippen molar-refractivity contribution in [2.75, 3.05) is 26.2 Å². The second-order valence-electron chi connectivity index (χ2n) is 6.20. The summed E-state index contributed by atoms with van der Waals surface area (Å²) in [6.45, 7) is 2.96. The molecule has 2 heterocycles. The lowest BCUT2D eigenvalue weighted by Crippen LogP contribution is -2.47. The number of hydrogen-bond acceptors (Lipinski definition) is 3. The lowest BCUT2D eigenvalue weighted by atomic mass is 9.99. The number of hydrogen-bond donors (Lipinski definition) is 1. The first-order valence-electron chi connectivity index (χ1n) is 8.60. The zero-order valence-corrected chi connectivity index (χ0v) is 14.1. The third-order valence-corrected chi connectivity index (χ3v) is 4.29. The summed E-state index contributed by atoms with van der Waals surface area (Å²) >= 11 is 0. The van der Waals surface area contributed by atoms with E-state index in [0.717, 1.165) is 19.4 Å². The first kappa shape index (κ1) is 17.3. The number of benzene rings is 1. The molecule has 1 fully saturated rings. The van der Waals surface area contributed by atoms with Crippen LogP contribution in [0.5, 0.6) is 5.75 Å². The van der Waals surface area contributed by atoms with Crippen LogP contribution in [0, 0.1) is 11.7 Å². The maximum absolute atomic E-state index is 13.6. The third kappa shape index (κ3) is 4.95. The fourth-order valence-electron chi connectivity index (χ4n) is 2.98. The molecule has 6 nitrogen and oxygen atoms in total. The standard InChI is InChI=1S/C18H23FN4O2/c19-16-6-1-2-7-17(16)25-14-15-5-3-10-22(13-15)18(24)20-9-12-23-11-4-8-21-23/h1-2,4,6-8,11,15H,3,5,9-10,12-14H2,(H,20,24). The molecule has 0 saturated carbocycles. The minimum absolute atomic E-state index is 0.0669. The molecule has 1 N–H and O–H groups in total. The second kappa shape index (κ2) is 8.50. The Morgan fingerprint density at radius 1 is 1.36 bits per heavy atom. The smallest absolute Gasteiger partial charge is 0.317 e. The molecule has 2 aromatic rings. The van der Waals surface area contributed by atoms with Crippen LogP contribution in [0.25, 0.3) is 0 Å². The Labute approximate surface area is 146 Å². The van der Waals surface area contributed by atoms with Crippen molar-refractivity contribution in [1.82, 2.24) is 20.0 Å². The molecule has 1 saturated heterocycles. The molecule has 0 aliphatic carbocycles. The van der Waals surface area contributed by atoms with Gasteiger partial charge in [0.2, 0.25) is 0 Å². The number of urea groups is 1. The highest BCUT2D eigenvalue weighted by Crippen LogP contribution is 2.20. The van der Waals surface area contributed by atoms with Gasteiger partial charge < -0.3 is 15.0 Å². The van der Waals surface area contributed by atoms with Crippen LogP contribution in [0.3, 0.4) is 0 Å². The maximum atomic E-state index is 13.6. The fourth-order valence-corrected chi connectivity index (χ4v) is 2.98. The number of ether oxygens (including phenoxy) is 1. The van der Waals surface area contributed by atoms with E-state index in [1.165, 1.54) is 6.07 Å². The minimum atomic E-state index is -0.355. The van der Waals surface area contributed by atoms with Gasteiger partial charge >= 0.3 is 6.03 Å². The lowest BCUT2D eigenvalue weighted by Gasteiger charge is -2.32. The molecule has 1 aromatic heterocycles. The number of nitrogens with one attached hydrogen (secondary N) is 1. The van der Waals surface area contributed by atoms with Crippen molar-refractivity contribution >= 4 is 6.03 Å². The summed E-state index contributed by atoms with van der Waals surface area (Å²) in [4.78, 5) is 14.1. The third-order valence-electron chi connectivity index (χ3n) is 4.29. The summed E-state index contributed by atoms with van der Waals surface area (Å²) in [7, 11) is 0. The predicted octanol–water partition coefficient (Wildman–Crippen LogP) is 2.52. The van der Waals surface area contributed by atoms with Gasteiger partial charge in [-0.3, -0.25) is 4.68 Å². The number of nitrogens with zero attached hydrogens (tertiary/aromatic N) is 3. The van der Waals surface area contributed by atoms with E-state index in [0.29, 0.717) is 26.2 Å². The van der Waals surface area contributed by atoms with Crippen LogP contribution >= 0.6 is 0 Å². The average molecular weight is 346 g/mol. The number of carbonyl (C=O) groups is 1. The van der Waals surface area contributed by atoms with Crippen LogP contribution in [-0.2, 0) is 6.54 Å². The van der Waals surface area contributed by atoms with Crippen molar-refractivity contribution in [3.8, 4) is 5.75 Å². The largest absolute Gasteiger partial charge is 0.490 e. The summed E-state index contributed by atoms with van der Waals surface area (Å²) in [5, 5.41) is 7.02. The summed E-state index contributed by atoms with van der Waals surface area (Å²) in [6.07, 6.45) is 5.49. The maximum Gasteiger partial charge on any atom is 0.317 e. The van der Waals surface area contributed by atoms with Gasteiger partial charge in [0.15, 0.2) is 11.6 Å². The lowest BCUT2D eigenvalue weighted by molar-refractivity contribution is 0.135. The molecule has 1 aromatic carbocycles. The second-order valence-corrected chi connectivity index (χ2v) is 6.20. The summed E-state index contributed by atoms with van der Waals surface area (Å²) in [6, 6.07) is 8.18. The number of aromatic nitrogens is 2. The summed E-state index contributed by atoms with van der Waals surface area (Å²) in [5.41, 5.74) is 0. The summed E-state index contributed by atoms with van der Waals surface area (Å²) < 4.78 is 21.0. The first-order chi connectivity index (χ1) is 12.2. The monoisotopic (exact) mass is 346 g/mol. The van der Waals surface area contributed by atoms with Gasteiger partial charge in [-0.1, -0.05) is 12.1 Å². The molecule has 1 aliphatic rings.